The van der Waals surface area contributed by atoms with Gasteiger partial charge >= 0.3 is 0 Å². The third kappa shape index (κ3) is 3.14. The first-order valence-corrected chi connectivity index (χ1v) is 7.53. The number of piperazine rings is 1. The number of hydrogen-bond donors (Lipinski definition) is 1. The molecular weight excluding hydrogens is 300 g/mol. The van der Waals surface area contributed by atoms with E-state index >= 15 is 0 Å². The molecule has 22 heavy (non-hydrogen) atoms. The standard InChI is InChI=1S/C16H17ClN4O/c17-12-4-6-13(7-5-12)20-8-10-21(11-9-20)16(22)14-2-1-3-15(18)19-14/h1-7H,8-11H2,(H2,18,19). The van der Waals surface area contributed by atoms with Crippen LogP contribution in [0, 0.1) is 0 Å². The van der Waals surface area contributed by atoms with Crippen molar-refractivity contribution in [1.82, 2.24) is 9.88 Å². The average molecular weight is 317 g/mol. The fourth-order valence-electron chi connectivity index (χ4n) is 2.55. The molecule has 6 heteroatoms. The molecule has 2 aromatic rings. The highest BCUT2D eigenvalue weighted by Gasteiger charge is 2.23. The van der Waals surface area contributed by atoms with Gasteiger partial charge in [0.05, 0.1) is 0 Å². The van der Waals surface area contributed by atoms with Gasteiger partial charge in [-0.15, -0.1) is 0 Å². The van der Waals surface area contributed by atoms with Gasteiger partial charge in [0.15, 0.2) is 0 Å². The van der Waals surface area contributed by atoms with E-state index in [1.807, 2.05) is 29.2 Å². The topological polar surface area (TPSA) is 62.5 Å². The molecule has 0 spiro atoms. The molecule has 2 heterocycles. The molecule has 0 bridgehead atoms. The van der Waals surface area contributed by atoms with E-state index in [2.05, 4.69) is 9.88 Å². The Morgan fingerprint density at radius 2 is 1.73 bits per heavy atom. The number of pyridine rings is 1. The molecule has 1 fully saturated rings. The minimum absolute atomic E-state index is 0.0666. The Kier molecular flexibility index (Phi) is 4.15. The van der Waals surface area contributed by atoms with Crippen LogP contribution < -0.4 is 10.6 Å². The van der Waals surface area contributed by atoms with Crippen LogP contribution in [0.2, 0.25) is 5.02 Å². The Labute approximate surface area is 134 Å². The largest absolute Gasteiger partial charge is 0.384 e. The number of nitrogen functional groups attached to an aromatic ring is 1. The monoisotopic (exact) mass is 316 g/mol. The van der Waals surface area contributed by atoms with Crippen LogP contribution in [0.3, 0.4) is 0 Å². The highest BCUT2D eigenvalue weighted by atomic mass is 35.5. The second-order valence-electron chi connectivity index (χ2n) is 5.20. The number of anilines is 2. The first-order valence-electron chi connectivity index (χ1n) is 7.16. The molecule has 1 amide bonds. The second kappa shape index (κ2) is 6.23. The van der Waals surface area contributed by atoms with E-state index in [9.17, 15) is 4.79 Å². The maximum atomic E-state index is 12.4. The van der Waals surface area contributed by atoms with Gasteiger partial charge in [0.1, 0.15) is 11.5 Å². The fourth-order valence-corrected chi connectivity index (χ4v) is 2.68. The van der Waals surface area contributed by atoms with Crippen molar-refractivity contribution in [2.24, 2.45) is 0 Å². The summed E-state index contributed by atoms with van der Waals surface area (Å²) in [6, 6.07) is 12.9. The normalized spacial score (nSPS) is 15.0. The van der Waals surface area contributed by atoms with Gasteiger partial charge in [0.25, 0.3) is 5.91 Å². The summed E-state index contributed by atoms with van der Waals surface area (Å²) in [4.78, 5) is 20.6. The van der Waals surface area contributed by atoms with Gasteiger partial charge in [-0.1, -0.05) is 17.7 Å². The first kappa shape index (κ1) is 14.7. The van der Waals surface area contributed by atoms with Gasteiger partial charge in [-0.3, -0.25) is 4.79 Å². The summed E-state index contributed by atoms with van der Waals surface area (Å²) in [5.74, 6) is 0.300. The molecule has 114 valence electrons. The highest BCUT2D eigenvalue weighted by molar-refractivity contribution is 6.30. The van der Waals surface area contributed by atoms with E-state index in [1.54, 1.807) is 18.2 Å². The zero-order valence-corrected chi connectivity index (χ0v) is 12.8. The SMILES string of the molecule is Nc1cccc(C(=O)N2CCN(c3ccc(Cl)cc3)CC2)n1. The predicted molar refractivity (Wildman–Crippen MR) is 88.2 cm³/mol. The number of rotatable bonds is 2. The lowest BCUT2D eigenvalue weighted by Gasteiger charge is -2.36. The second-order valence-corrected chi connectivity index (χ2v) is 5.64. The Morgan fingerprint density at radius 1 is 1.05 bits per heavy atom. The van der Waals surface area contributed by atoms with Crippen molar-refractivity contribution in [3.8, 4) is 0 Å². The van der Waals surface area contributed by atoms with Gasteiger partial charge in [-0.05, 0) is 36.4 Å². The maximum Gasteiger partial charge on any atom is 0.272 e. The molecule has 0 unspecified atom stereocenters. The number of nitrogens with zero attached hydrogens (tertiary/aromatic N) is 3. The number of carbonyl (C=O) groups is 1. The predicted octanol–water partition coefficient (Wildman–Crippen LogP) is 2.28. The molecular formula is C16H17ClN4O. The van der Waals surface area contributed by atoms with Crippen LogP contribution in [0.1, 0.15) is 10.5 Å². The van der Waals surface area contributed by atoms with Crippen LogP contribution in [-0.4, -0.2) is 42.0 Å². The van der Waals surface area contributed by atoms with E-state index in [-0.39, 0.29) is 5.91 Å². The number of halogens is 1. The summed E-state index contributed by atoms with van der Waals surface area (Å²) in [5, 5.41) is 0.727. The number of amides is 1. The molecule has 0 saturated carbocycles. The number of aromatic nitrogens is 1. The van der Waals surface area contributed by atoms with Crippen molar-refractivity contribution in [3.63, 3.8) is 0 Å². The summed E-state index contributed by atoms with van der Waals surface area (Å²) >= 11 is 5.91. The molecule has 0 aliphatic carbocycles. The maximum absolute atomic E-state index is 12.4. The third-order valence-corrected chi connectivity index (χ3v) is 4.00. The number of carbonyl (C=O) groups excluding carboxylic acids is 1. The van der Waals surface area contributed by atoms with Crippen molar-refractivity contribution < 1.29 is 4.79 Å². The van der Waals surface area contributed by atoms with E-state index in [0.717, 1.165) is 23.8 Å². The molecule has 5 nitrogen and oxygen atoms in total. The molecule has 0 radical (unpaired) electrons. The van der Waals surface area contributed by atoms with E-state index in [4.69, 9.17) is 17.3 Å². The van der Waals surface area contributed by atoms with Crippen LogP contribution in [0.25, 0.3) is 0 Å². The summed E-state index contributed by atoms with van der Waals surface area (Å²) < 4.78 is 0. The van der Waals surface area contributed by atoms with Crippen LogP contribution in [0.4, 0.5) is 11.5 Å². The molecule has 1 aromatic carbocycles. The Morgan fingerprint density at radius 3 is 2.36 bits per heavy atom. The summed E-state index contributed by atoms with van der Waals surface area (Å²) in [6.07, 6.45) is 0. The lowest BCUT2D eigenvalue weighted by molar-refractivity contribution is 0.0741. The Balaban J connectivity index is 1.64. The average Bonchev–Trinajstić information content (AvgIpc) is 2.55. The van der Waals surface area contributed by atoms with E-state index < -0.39 is 0 Å². The fraction of sp³-hybridized carbons (Fsp3) is 0.250. The van der Waals surface area contributed by atoms with Crippen molar-refractivity contribution in [1.29, 1.82) is 0 Å². The lowest BCUT2D eigenvalue weighted by Crippen LogP contribution is -2.49. The minimum Gasteiger partial charge on any atom is -0.384 e. The Hall–Kier alpha value is -2.27. The van der Waals surface area contributed by atoms with Crippen molar-refractivity contribution in [2.45, 2.75) is 0 Å². The zero-order chi connectivity index (χ0) is 15.5. The molecule has 1 saturated heterocycles. The summed E-state index contributed by atoms with van der Waals surface area (Å²) in [5.41, 5.74) is 7.16. The van der Waals surface area contributed by atoms with Crippen molar-refractivity contribution >= 4 is 29.0 Å². The van der Waals surface area contributed by atoms with E-state index in [0.29, 0.717) is 24.6 Å². The van der Waals surface area contributed by atoms with Gasteiger partial charge in [0, 0.05) is 36.9 Å². The van der Waals surface area contributed by atoms with Gasteiger partial charge in [-0.2, -0.15) is 0 Å². The number of benzene rings is 1. The van der Waals surface area contributed by atoms with Crippen LogP contribution in [0.5, 0.6) is 0 Å². The van der Waals surface area contributed by atoms with Crippen molar-refractivity contribution in [3.05, 3.63) is 53.2 Å². The minimum atomic E-state index is -0.0666. The molecule has 1 aliphatic heterocycles. The molecule has 0 atom stereocenters. The molecule has 1 aliphatic rings. The van der Waals surface area contributed by atoms with Crippen LogP contribution in [0.15, 0.2) is 42.5 Å². The molecule has 1 aromatic heterocycles. The molecule has 3 rings (SSSR count). The quantitative estimate of drug-likeness (QED) is 0.923. The van der Waals surface area contributed by atoms with Crippen LogP contribution in [-0.2, 0) is 0 Å². The third-order valence-electron chi connectivity index (χ3n) is 3.75. The molecule has 2 N–H and O–H groups in total. The smallest absolute Gasteiger partial charge is 0.272 e. The Bertz CT molecular complexity index is 666. The zero-order valence-electron chi connectivity index (χ0n) is 12.1. The van der Waals surface area contributed by atoms with E-state index in [1.165, 1.54) is 0 Å². The van der Waals surface area contributed by atoms with Crippen LogP contribution >= 0.6 is 11.6 Å². The number of hydrogen-bond acceptors (Lipinski definition) is 4. The van der Waals surface area contributed by atoms with Gasteiger partial charge in [-0.25, -0.2) is 4.98 Å². The summed E-state index contributed by atoms with van der Waals surface area (Å²) in [7, 11) is 0. The highest BCUT2D eigenvalue weighted by Crippen LogP contribution is 2.20. The van der Waals surface area contributed by atoms with Gasteiger partial charge < -0.3 is 15.5 Å². The summed E-state index contributed by atoms with van der Waals surface area (Å²) in [6.45, 7) is 2.90. The first-order chi connectivity index (χ1) is 10.6. The number of nitrogens with two attached hydrogens (primary N) is 1. The lowest BCUT2D eigenvalue weighted by atomic mass is 10.2. The van der Waals surface area contributed by atoms with Crippen molar-refractivity contribution in [2.75, 3.05) is 36.8 Å². The van der Waals surface area contributed by atoms with Gasteiger partial charge in [0.2, 0.25) is 0 Å².